The predicted molar refractivity (Wildman–Crippen MR) is 95.4 cm³/mol. The summed E-state index contributed by atoms with van der Waals surface area (Å²) in [5, 5.41) is 4.40. The highest BCUT2D eigenvalue weighted by atomic mass is 19.1. The van der Waals surface area contributed by atoms with Crippen LogP contribution in [0.1, 0.15) is 23.9 Å². The van der Waals surface area contributed by atoms with Gasteiger partial charge in [-0.25, -0.2) is 9.07 Å². The minimum atomic E-state index is -1.47. The van der Waals surface area contributed by atoms with Crippen molar-refractivity contribution < 1.29 is 23.5 Å². The molecule has 138 valence electrons. The quantitative estimate of drug-likeness (QED) is 0.471. The Hall–Kier alpha value is -3.35. The summed E-state index contributed by atoms with van der Waals surface area (Å²) in [7, 11) is 0. The molecule has 7 heteroatoms. The van der Waals surface area contributed by atoms with Crippen LogP contribution in [0.4, 0.5) is 4.39 Å². The highest BCUT2D eigenvalue weighted by Gasteiger charge is 2.36. The topological polar surface area (TPSA) is 78.3 Å². The second-order valence-electron chi connectivity index (χ2n) is 6.22. The van der Waals surface area contributed by atoms with E-state index in [1.807, 2.05) is 0 Å². The zero-order chi connectivity index (χ0) is 19.7. The van der Waals surface area contributed by atoms with E-state index >= 15 is 0 Å². The first kappa shape index (κ1) is 18.4. The molecule has 0 saturated carbocycles. The van der Waals surface area contributed by atoms with Gasteiger partial charge in [0.05, 0.1) is 11.4 Å². The molecule has 1 aromatic heterocycles. The lowest BCUT2D eigenvalue weighted by Crippen LogP contribution is -2.34. The number of aromatic nitrogens is 2. The summed E-state index contributed by atoms with van der Waals surface area (Å²) in [4.78, 5) is 36.1. The van der Waals surface area contributed by atoms with Crippen molar-refractivity contribution >= 4 is 23.6 Å². The van der Waals surface area contributed by atoms with Crippen molar-refractivity contribution in [3.8, 4) is 5.69 Å². The molecule has 1 aliphatic heterocycles. The van der Waals surface area contributed by atoms with E-state index in [0.717, 1.165) is 11.8 Å². The van der Waals surface area contributed by atoms with Gasteiger partial charge in [-0.15, -0.1) is 0 Å². The normalized spacial score (nSPS) is 17.2. The molecule has 0 saturated heterocycles. The molecular formula is C20H17FN2O4. The Labute approximate surface area is 154 Å². The molecule has 0 N–H and O–H groups in total. The summed E-state index contributed by atoms with van der Waals surface area (Å²) in [6, 6.07) is 5.86. The molecule has 1 aliphatic rings. The van der Waals surface area contributed by atoms with Crippen LogP contribution in [-0.4, -0.2) is 27.3 Å². The maximum absolute atomic E-state index is 13.1. The molecule has 1 unspecified atom stereocenters. The molecule has 0 radical (unpaired) electrons. The van der Waals surface area contributed by atoms with Gasteiger partial charge in [-0.05, 0) is 57.2 Å². The van der Waals surface area contributed by atoms with Gasteiger partial charge in [0.1, 0.15) is 11.6 Å². The van der Waals surface area contributed by atoms with Crippen LogP contribution in [0.15, 0.2) is 42.2 Å². The number of carbonyl (C=O) groups excluding carboxylic acids is 3. The number of allylic oxidation sites excluding steroid dienone is 3. The van der Waals surface area contributed by atoms with Gasteiger partial charge in [-0.1, -0.05) is 0 Å². The zero-order valence-corrected chi connectivity index (χ0v) is 15.0. The number of aryl methyl sites for hydroxylation is 1. The monoisotopic (exact) mass is 368 g/mol. The number of halogens is 1. The maximum atomic E-state index is 13.1. The third-order valence-electron chi connectivity index (χ3n) is 4.24. The Morgan fingerprint density at radius 2 is 1.85 bits per heavy atom. The van der Waals surface area contributed by atoms with Crippen LogP contribution in [0.5, 0.6) is 0 Å². The van der Waals surface area contributed by atoms with Crippen LogP contribution in [-0.2, 0) is 19.1 Å². The van der Waals surface area contributed by atoms with Crippen LogP contribution in [0.3, 0.4) is 0 Å². The SMILES string of the molecule is CC1=CC(=O)C(C(=O)/C=C/c2c(C)nn(-c3ccc(F)cc3)c2C)C(=O)O1. The van der Waals surface area contributed by atoms with Gasteiger partial charge >= 0.3 is 5.97 Å². The van der Waals surface area contributed by atoms with E-state index in [2.05, 4.69) is 5.10 Å². The number of rotatable bonds is 4. The first-order valence-corrected chi connectivity index (χ1v) is 8.26. The molecule has 0 bridgehead atoms. The first-order valence-electron chi connectivity index (χ1n) is 8.26. The van der Waals surface area contributed by atoms with Gasteiger partial charge in [0.25, 0.3) is 0 Å². The van der Waals surface area contributed by atoms with E-state index in [0.29, 0.717) is 16.9 Å². The first-order chi connectivity index (χ1) is 12.8. The van der Waals surface area contributed by atoms with Gasteiger partial charge in [0.15, 0.2) is 17.5 Å². The highest BCUT2D eigenvalue weighted by molar-refractivity contribution is 6.25. The smallest absolute Gasteiger partial charge is 0.329 e. The Balaban J connectivity index is 1.87. The molecule has 0 amide bonds. The second kappa shape index (κ2) is 7.11. The molecule has 2 heterocycles. The van der Waals surface area contributed by atoms with Gasteiger partial charge in [-0.2, -0.15) is 5.10 Å². The Bertz CT molecular complexity index is 1000. The standard InChI is InChI=1S/C20H17FN2O4/c1-11-10-18(25)19(20(26)27-11)17(24)9-8-16-12(2)22-23(13(16)3)15-6-4-14(21)5-7-15/h4-10,19H,1-3H3/b9-8+. The van der Waals surface area contributed by atoms with Crippen molar-refractivity contribution in [1.29, 1.82) is 0 Å². The van der Waals surface area contributed by atoms with E-state index in [1.165, 1.54) is 31.2 Å². The number of ether oxygens (including phenoxy) is 1. The number of ketones is 2. The van der Waals surface area contributed by atoms with E-state index in [-0.39, 0.29) is 11.6 Å². The van der Waals surface area contributed by atoms with Crippen molar-refractivity contribution in [2.75, 3.05) is 0 Å². The summed E-state index contributed by atoms with van der Waals surface area (Å²) in [5.41, 5.74) is 2.73. The fourth-order valence-corrected chi connectivity index (χ4v) is 2.89. The van der Waals surface area contributed by atoms with Crippen molar-refractivity contribution in [2.24, 2.45) is 5.92 Å². The molecular weight excluding hydrogens is 351 g/mol. The summed E-state index contributed by atoms with van der Waals surface area (Å²) >= 11 is 0. The Kier molecular flexibility index (Phi) is 4.85. The van der Waals surface area contributed by atoms with Crippen molar-refractivity contribution in [3.63, 3.8) is 0 Å². The van der Waals surface area contributed by atoms with E-state index in [4.69, 9.17) is 4.74 Å². The third kappa shape index (κ3) is 3.62. The fraction of sp³-hybridized carbons (Fsp3) is 0.200. The van der Waals surface area contributed by atoms with Crippen LogP contribution in [0.25, 0.3) is 11.8 Å². The maximum Gasteiger partial charge on any atom is 0.329 e. The number of nitrogens with zero attached hydrogens (tertiary/aromatic N) is 2. The summed E-state index contributed by atoms with van der Waals surface area (Å²) in [6.45, 7) is 5.05. The molecule has 0 fully saturated rings. The van der Waals surface area contributed by atoms with Crippen LogP contribution >= 0.6 is 0 Å². The van der Waals surface area contributed by atoms with Gasteiger partial charge in [-0.3, -0.25) is 14.4 Å². The molecule has 1 aromatic carbocycles. The van der Waals surface area contributed by atoms with Crippen molar-refractivity contribution in [2.45, 2.75) is 20.8 Å². The van der Waals surface area contributed by atoms with Crippen LogP contribution < -0.4 is 0 Å². The van der Waals surface area contributed by atoms with Gasteiger partial charge in [0, 0.05) is 17.3 Å². The lowest BCUT2D eigenvalue weighted by Gasteiger charge is -2.15. The average Bonchev–Trinajstić information content (AvgIpc) is 2.87. The predicted octanol–water partition coefficient (Wildman–Crippen LogP) is 2.86. The minimum absolute atomic E-state index is 0.172. The van der Waals surface area contributed by atoms with Crippen molar-refractivity contribution in [1.82, 2.24) is 9.78 Å². The van der Waals surface area contributed by atoms with Crippen molar-refractivity contribution in [3.05, 3.63) is 64.9 Å². The van der Waals surface area contributed by atoms with Gasteiger partial charge < -0.3 is 4.74 Å². The Morgan fingerprint density at radius 1 is 1.19 bits per heavy atom. The van der Waals surface area contributed by atoms with E-state index in [9.17, 15) is 18.8 Å². The molecule has 2 aromatic rings. The zero-order valence-electron chi connectivity index (χ0n) is 15.0. The number of hydrogen-bond acceptors (Lipinski definition) is 5. The van der Waals surface area contributed by atoms with E-state index in [1.54, 1.807) is 30.7 Å². The second-order valence-corrected chi connectivity index (χ2v) is 6.22. The largest absolute Gasteiger partial charge is 0.430 e. The molecule has 0 spiro atoms. The fourth-order valence-electron chi connectivity index (χ4n) is 2.89. The summed E-state index contributed by atoms with van der Waals surface area (Å²) in [5.74, 6) is -3.76. The molecule has 3 rings (SSSR count). The molecule has 27 heavy (non-hydrogen) atoms. The highest BCUT2D eigenvalue weighted by Crippen LogP contribution is 2.21. The number of esters is 1. The lowest BCUT2D eigenvalue weighted by molar-refractivity contribution is -0.151. The van der Waals surface area contributed by atoms with Crippen LogP contribution in [0, 0.1) is 25.6 Å². The average molecular weight is 368 g/mol. The van der Waals surface area contributed by atoms with Crippen LogP contribution in [0.2, 0.25) is 0 Å². The summed E-state index contributed by atoms with van der Waals surface area (Å²) in [6.07, 6.45) is 3.84. The number of benzene rings is 1. The lowest BCUT2D eigenvalue weighted by atomic mass is 9.95. The van der Waals surface area contributed by atoms with Gasteiger partial charge in [0.2, 0.25) is 0 Å². The van der Waals surface area contributed by atoms with E-state index < -0.39 is 23.5 Å². The Morgan fingerprint density at radius 3 is 2.48 bits per heavy atom. The number of cyclic esters (lactones) is 1. The third-order valence-corrected chi connectivity index (χ3v) is 4.24. The summed E-state index contributed by atoms with van der Waals surface area (Å²) < 4.78 is 19.6. The molecule has 0 aliphatic carbocycles. The number of carbonyl (C=O) groups is 3. The number of hydrogen-bond donors (Lipinski definition) is 0. The molecule has 6 nitrogen and oxygen atoms in total. The molecule has 1 atom stereocenters. The minimum Gasteiger partial charge on any atom is -0.430 e.